The van der Waals surface area contributed by atoms with Crippen molar-refractivity contribution >= 4 is 17.5 Å². The molecule has 2 amide bonds. The molecule has 138 valence electrons. The third-order valence-corrected chi connectivity index (χ3v) is 4.71. The Morgan fingerprint density at radius 1 is 1.28 bits per heavy atom. The van der Waals surface area contributed by atoms with Crippen LogP contribution in [0.25, 0.3) is 0 Å². The Balaban J connectivity index is 1.98. The van der Waals surface area contributed by atoms with E-state index < -0.39 is 0 Å². The molecule has 5 heteroatoms. The molecule has 2 unspecified atom stereocenters. The second kappa shape index (κ2) is 10.2. The lowest BCUT2D eigenvalue weighted by atomic mass is 9.98. The van der Waals surface area contributed by atoms with E-state index in [2.05, 4.69) is 17.6 Å². The van der Waals surface area contributed by atoms with Crippen LogP contribution in [0, 0.1) is 5.92 Å². The fourth-order valence-corrected chi connectivity index (χ4v) is 3.10. The summed E-state index contributed by atoms with van der Waals surface area (Å²) in [5.41, 5.74) is 1.08. The normalized spacial score (nSPS) is 17.9. The Bertz CT molecular complexity index is 568. The molecule has 2 atom stereocenters. The molecule has 1 aliphatic rings. The number of nitrogens with one attached hydrogen (secondary N) is 2. The van der Waals surface area contributed by atoms with E-state index in [1.807, 2.05) is 19.1 Å². The maximum atomic E-state index is 12.5. The Kier molecular flexibility index (Phi) is 7.92. The lowest BCUT2D eigenvalue weighted by Gasteiger charge is -2.17. The zero-order chi connectivity index (χ0) is 18.1. The van der Waals surface area contributed by atoms with Gasteiger partial charge in [0.1, 0.15) is 0 Å². The van der Waals surface area contributed by atoms with Crippen LogP contribution in [0.15, 0.2) is 24.3 Å². The first-order valence-electron chi connectivity index (χ1n) is 9.45. The van der Waals surface area contributed by atoms with Gasteiger partial charge in [0, 0.05) is 19.1 Å². The minimum atomic E-state index is -0.173. The highest BCUT2D eigenvalue weighted by molar-refractivity contribution is 6.04. The van der Waals surface area contributed by atoms with Crippen molar-refractivity contribution in [3.05, 3.63) is 29.8 Å². The fourth-order valence-electron chi connectivity index (χ4n) is 3.10. The Labute approximate surface area is 150 Å². The molecule has 1 saturated heterocycles. The standard InChI is InChI=1S/C20H30N2O3/c1-3-5-9-15(4-2)19(23)22-18-12-7-6-11-17(18)20(24)21-14-16-10-8-13-25-16/h6-7,11-12,15-16H,3-5,8-10,13-14H2,1-2H3,(H,21,24)(H,22,23). The number of anilines is 1. The first-order valence-corrected chi connectivity index (χ1v) is 9.45. The molecule has 5 nitrogen and oxygen atoms in total. The molecule has 0 aliphatic carbocycles. The van der Waals surface area contributed by atoms with Gasteiger partial charge in [0.2, 0.25) is 5.91 Å². The summed E-state index contributed by atoms with van der Waals surface area (Å²) in [6.45, 7) is 5.43. The third kappa shape index (κ3) is 5.85. The van der Waals surface area contributed by atoms with Crippen LogP contribution in [0.5, 0.6) is 0 Å². The zero-order valence-electron chi connectivity index (χ0n) is 15.3. The topological polar surface area (TPSA) is 67.4 Å². The minimum absolute atomic E-state index is 0.00433. The van der Waals surface area contributed by atoms with Gasteiger partial charge in [0.05, 0.1) is 17.4 Å². The number of unbranched alkanes of at least 4 members (excludes halogenated alkanes) is 1. The van der Waals surface area contributed by atoms with E-state index in [1.165, 1.54) is 0 Å². The number of hydrogen-bond acceptors (Lipinski definition) is 3. The summed E-state index contributed by atoms with van der Waals surface area (Å²) in [6.07, 6.45) is 5.93. The summed E-state index contributed by atoms with van der Waals surface area (Å²) in [5, 5.41) is 5.87. The van der Waals surface area contributed by atoms with E-state index in [9.17, 15) is 9.59 Å². The van der Waals surface area contributed by atoms with Crippen LogP contribution >= 0.6 is 0 Å². The molecule has 1 heterocycles. The summed E-state index contributed by atoms with van der Waals surface area (Å²) in [6, 6.07) is 7.17. The second-order valence-corrected chi connectivity index (χ2v) is 6.63. The van der Waals surface area contributed by atoms with Gasteiger partial charge in [-0.2, -0.15) is 0 Å². The molecule has 2 rings (SSSR count). The molecule has 1 fully saturated rings. The molecule has 1 aromatic rings. The summed E-state index contributed by atoms with van der Waals surface area (Å²) in [7, 11) is 0. The molecule has 0 saturated carbocycles. The van der Waals surface area contributed by atoms with Crippen molar-refractivity contribution in [1.29, 1.82) is 0 Å². The SMILES string of the molecule is CCCCC(CC)C(=O)Nc1ccccc1C(=O)NCC1CCCO1. The van der Waals surface area contributed by atoms with Crippen LogP contribution in [-0.2, 0) is 9.53 Å². The number of para-hydroxylation sites is 1. The molecule has 0 radical (unpaired) electrons. The van der Waals surface area contributed by atoms with E-state index in [-0.39, 0.29) is 23.8 Å². The molecule has 0 spiro atoms. The summed E-state index contributed by atoms with van der Waals surface area (Å²) < 4.78 is 5.53. The molecule has 25 heavy (non-hydrogen) atoms. The zero-order valence-corrected chi connectivity index (χ0v) is 15.3. The quantitative estimate of drug-likeness (QED) is 0.715. The maximum absolute atomic E-state index is 12.5. The highest BCUT2D eigenvalue weighted by Crippen LogP contribution is 2.20. The number of ether oxygens (including phenoxy) is 1. The van der Waals surface area contributed by atoms with Gasteiger partial charge < -0.3 is 15.4 Å². The predicted octanol–water partition coefficient (Wildman–Crippen LogP) is 3.75. The molecular weight excluding hydrogens is 316 g/mol. The average molecular weight is 346 g/mol. The molecule has 0 bridgehead atoms. The Hall–Kier alpha value is -1.88. The number of carbonyl (C=O) groups excluding carboxylic acids is 2. The highest BCUT2D eigenvalue weighted by atomic mass is 16.5. The van der Waals surface area contributed by atoms with E-state index in [0.29, 0.717) is 17.8 Å². The van der Waals surface area contributed by atoms with Crippen molar-refractivity contribution in [1.82, 2.24) is 5.32 Å². The molecule has 1 aliphatic heterocycles. The van der Waals surface area contributed by atoms with Gasteiger partial charge in [-0.1, -0.05) is 38.8 Å². The van der Waals surface area contributed by atoms with Crippen molar-refractivity contribution in [3.63, 3.8) is 0 Å². The Morgan fingerprint density at radius 2 is 2.08 bits per heavy atom. The Morgan fingerprint density at radius 3 is 2.76 bits per heavy atom. The van der Waals surface area contributed by atoms with E-state index in [4.69, 9.17) is 4.74 Å². The van der Waals surface area contributed by atoms with Crippen LogP contribution in [0.3, 0.4) is 0 Å². The first kappa shape index (κ1) is 19.4. The van der Waals surface area contributed by atoms with Crippen molar-refractivity contribution in [3.8, 4) is 0 Å². The van der Waals surface area contributed by atoms with Gasteiger partial charge in [-0.05, 0) is 37.8 Å². The summed E-state index contributed by atoms with van der Waals surface area (Å²) in [4.78, 5) is 25.0. The van der Waals surface area contributed by atoms with Crippen molar-refractivity contribution in [2.75, 3.05) is 18.5 Å². The molecule has 0 aromatic heterocycles. The summed E-state index contributed by atoms with van der Waals surface area (Å²) >= 11 is 0. The average Bonchev–Trinajstić information content (AvgIpc) is 3.14. The lowest BCUT2D eigenvalue weighted by molar-refractivity contribution is -0.120. The number of carbonyl (C=O) groups is 2. The van der Waals surface area contributed by atoms with Gasteiger partial charge in [-0.25, -0.2) is 0 Å². The lowest BCUT2D eigenvalue weighted by Crippen LogP contribution is -2.32. The smallest absolute Gasteiger partial charge is 0.253 e. The van der Waals surface area contributed by atoms with Gasteiger partial charge >= 0.3 is 0 Å². The second-order valence-electron chi connectivity index (χ2n) is 6.63. The van der Waals surface area contributed by atoms with Crippen LogP contribution < -0.4 is 10.6 Å². The van der Waals surface area contributed by atoms with Gasteiger partial charge in [-0.3, -0.25) is 9.59 Å². The number of rotatable bonds is 9. The van der Waals surface area contributed by atoms with Gasteiger partial charge in [-0.15, -0.1) is 0 Å². The van der Waals surface area contributed by atoms with Crippen LogP contribution in [0.2, 0.25) is 0 Å². The fraction of sp³-hybridized carbons (Fsp3) is 0.600. The monoisotopic (exact) mass is 346 g/mol. The van der Waals surface area contributed by atoms with E-state index in [1.54, 1.807) is 12.1 Å². The molecule has 1 aromatic carbocycles. The van der Waals surface area contributed by atoms with Gasteiger partial charge in [0.25, 0.3) is 5.91 Å². The number of amides is 2. The largest absolute Gasteiger partial charge is 0.376 e. The minimum Gasteiger partial charge on any atom is -0.376 e. The third-order valence-electron chi connectivity index (χ3n) is 4.71. The number of benzene rings is 1. The van der Waals surface area contributed by atoms with E-state index in [0.717, 1.165) is 45.1 Å². The molecular formula is C20H30N2O3. The number of hydrogen-bond donors (Lipinski definition) is 2. The maximum Gasteiger partial charge on any atom is 0.253 e. The summed E-state index contributed by atoms with van der Waals surface area (Å²) in [5.74, 6) is -0.189. The van der Waals surface area contributed by atoms with Crippen LogP contribution in [0.4, 0.5) is 5.69 Å². The van der Waals surface area contributed by atoms with Crippen LogP contribution in [0.1, 0.15) is 62.7 Å². The highest BCUT2D eigenvalue weighted by Gasteiger charge is 2.20. The first-order chi connectivity index (χ1) is 12.2. The molecule has 2 N–H and O–H groups in total. The van der Waals surface area contributed by atoms with Crippen molar-refractivity contribution in [2.45, 2.75) is 58.5 Å². The van der Waals surface area contributed by atoms with E-state index >= 15 is 0 Å². The van der Waals surface area contributed by atoms with Crippen molar-refractivity contribution < 1.29 is 14.3 Å². The van der Waals surface area contributed by atoms with Crippen LogP contribution in [-0.4, -0.2) is 31.1 Å². The van der Waals surface area contributed by atoms with Gasteiger partial charge in [0.15, 0.2) is 0 Å². The van der Waals surface area contributed by atoms with Crippen molar-refractivity contribution in [2.24, 2.45) is 5.92 Å². The predicted molar refractivity (Wildman–Crippen MR) is 99.7 cm³/mol.